The number of terminal acetylenes is 1. The quantitative estimate of drug-likeness (QED) is 0.470. The molecular weight excluding hydrogens is 158 g/mol. The Kier molecular flexibility index (Phi) is 7.83. The van der Waals surface area contributed by atoms with Crippen molar-refractivity contribution < 1.29 is 0 Å². The Balaban J connectivity index is 3.45. The van der Waals surface area contributed by atoms with E-state index in [1.165, 1.54) is 12.8 Å². The molecule has 0 saturated heterocycles. The van der Waals surface area contributed by atoms with Crippen molar-refractivity contribution in [3.63, 3.8) is 0 Å². The zero-order valence-corrected chi connectivity index (χ0v) is 9.27. The minimum atomic E-state index is 0.762. The lowest BCUT2D eigenvalue weighted by Crippen LogP contribution is -2.24. The van der Waals surface area contributed by atoms with Crippen molar-refractivity contribution in [2.45, 2.75) is 40.0 Å². The molecular formula is C12H23N. The largest absolute Gasteiger partial charge is 0.317 e. The molecule has 0 aromatic carbocycles. The van der Waals surface area contributed by atoms with Crippen molar-refractivity contribution in [3.05, 3.63) is 0 Å². The summed E-state index contributed by atoms with van der Waals surface area (Å²) in [5.41, 5.74) is 0. The molecule has 13 heavy (non-hydrogen) atoms. The fourth-order valence-electron chi connectivity index (χ4n) is 1.38. The fourth-order valence-corrected chi connectivity index (χ4v) is 1.38. The molecule has 0 fully saturated rings. The Morgan fingerprint density at radius 3 is 2.54 bits per heavy atom. The summed E-state index contributed by atoms with van der Waals surface area (Å²) >= 11 is 0. The Morgan fingerprint density at radius 2 is 2.00 bits per heavy atom. The van der Waals surface area contributed by atoms with Crippen molar-refractivity contribution in [1.82, 2.24) is 5.32 Å². The lowest BCUT2D eigenvalue weighted by molar-refractivity contribution is 0.344. The van der Waals surface area contributed by atoms with Crippen LogP contribution in [0.3, 0.4) is 0 Å². The van der Waals surface area contributed by atoms with Gasteiger partial charge in [0, 0.05) is 6.42 Å². The smallest absolute Gasteiger partial charge is 0.00861 e. The summed E-state index contributed by atoms with van der Waals surface area (Å²) in [5, 5.41) is 3.38. The van der Waals surface area contributed by atoms with E-state index in [2.05, 4.69) is 32.0 Å². The van der Waals surface area contributed by atoms with Crippen LogP contribution in [0.25, 0.3) is 0 Å². The van der Waals surface area contributed by atoms with Crippen LogP contribution in [-0.4, -0.2) is 13.1 Å². The second-order valence-corrected chi connectivity index (χ2v) is 3.86. The highest BCUT2D eigenvalue weighted by molar-refractivity contribution is 4.83. The van der Waals surface area contributed by atoms with Crippen molar-refractivity contribution >= 4 is 0 Å². The molecule has 0 amide bonds. The summed E-state index contributed by atoms with van der Waals surface area (Å²) in [6.07, 6.45) is 8.57. The third-order valence-electron chi connectivity index (χ3n) is 2.67. The number of nitrogens with one attached hydrogen (secondary N) is 1. The van der Waals surface area contributed by atoms with Crippen LogP contribution >= 0.6 is 0 Å². The van der Waals surface area contributed by atoms with Crippen LogP contribution in [0.1, 0.15) is 40.0 Å². The molecule has 2 unspecified atom stereocenters. The highest BCUT2D eigenvalue weighted by Crippen LogP contribution is 2.16. The lowest BCUT2D eigenvalue weighted by Gasteiger charge is -2.19. The van der Waals surface area contributed by atoms with Gasteiger partial charge in [0.25, 0.3) is 0 Å². The Bertz CT molecular complexity index is 146. The second-order valence-electron chi connectivity index (χ2n) is 3.86. The second kappa shape index (κ2) is 8.13. The van der Waals surface area contributed by atoms with E-state index in [0.717, 1.165) is 31.3 Å². The maximum Gasteiger partial charge on any atom is 0.00861 e. The van der Waals surface area contributed by atoms with E-state index in [1.54, 1.807) is 0 Å². The third kappa shape index (κ3) is 6.66. The standard InChI is InChI=1S/C12H23N/c1-5-7-8-9-11(3)12(4)10-13-6-2/h1,11-13H,6-10H2,2-4H3. The zero-order chi connectivity index (χ0) is 10.1. The number of hydrogen-bond acceptors (Lipinski definition) is 1. The van der Waals surface area contributed by atoms with Crippen LogP contribution in [-0.2, 0) is 0 Å². The molecule has 0 aromatic heterocycles. The predicted molar refractivity (Wildman–Crippen MR) is 59.6 cm³/mol. The Hall–Kier alpha value is -0.480. The van der Waals surface area contributed by atoms with Crippen LogP contribution in [0.5, 0.6) is 0 Å². The molecule has 1 heteroatoms. The van der Waals surface area contributed by atoms with Gasteiger partial charge in [-0.3, -0.25) is 0 Å². The van der Waals surface area contributed by atoms with Crippen molar-refractivity contribution in [1.29, 1.82) is 0 Å². The molecule has 2 atom stereocenters. The fraction of sp³-hybridized carbons (Fsp3) is 0.833. The summed E-state index contributed by atoms with van der Waals surface area (Å²) in [7, 11) is 0. The molecule has 0 rings (SSSR count). The first-order chi connectivity index (χ1) is 6.22. The van der Waals surface area contributed by atoms with Crippen LogP contribution in [0, 0.1) is 24.2 Å². The maximum absolute atomic E-state index is 5.21. The Labute approximate surface area is 83.3 Å². The monoisotopic (exact) mass is 181 g/mol. The van der Waals surface area contributed by atoms with Gasteiger partial charge in [0.1, 0.15) is 0 Å². The normalized spacial score (nSPS) is 14.9. The molecule has 0 heterocycles. The van der Waals surface area contributed by atoms with Gasteiger partial charge in [-0.05, 0) is 37.8 Å². The summed E-state index contributed by atoms with van der Waals surface area (Å²) in [4.78, 5) is 0. The van der Waals surface area contributed by atoms with Crippen molar-refractivity contribution in [3.8, 4) is 12.3 Å². The highest BCUT2D eigenvalue weighted by Gasteiger charge is 2.10. The molecule has 76 valence electrons. The van der Waals surface area contributed by atoms with E-state index in [1.807, 2.05) is 0 Å². The van der Waals surface area contributed by atoms with Gasteiger partial charge >= 0.3 is 0 Å². The summed E-state index contributed by atoms with van der Waals surface area (Å²) in [6, 6.07) is 0. The highest BCUT2D eigenvalue weighted by atomic mass is 14.8. The molecule has 0 aliphatic heterocycles. The van der Waals surface area contributed by atoms with E-state index < -0.39 is 0 Å². The average molecular weight is 181 g/mol. The van der Waals surface area contributed by atoms with Crippen LogP contribution in [0.15, 0.2) is 0 Å². The molecule has 0 saturated carbocycles. The van der Waals surface area contributed by atoms with Gasteiger partial charge in [0.2, 0.25) is 0 Å². The van der Waals surface area contributed by atoms with Gasteiger partial charge < -0.3 is 5.32 Å². The summed E-state index contributed by atoms with van der Waals surface area (Å²) in [6.45, 7) is 8.98. The van der Waals surface area contributed by atoms with Gasteiger partial charge in [0.15, 0.2) is 0 Å². The minimum absolute atomic E-state index is 0.762. The number of rotatable bonds is 7. The molecule has 0 aromatic rings. The SMILES string of the molecule is C#CCCCC(C)C(C)CNCC. The van der Waals surface area contributed by atoms with Gasteiger partial charge in [-0.15, -0.1) is 12.3 Å². The van der Waals surface area contributed by atoms with Gasteiger partial charge in [0.05, 0.1) is 0 Å². The topological polar surface area (TPSA) is 12.0 Å². The first-order valence-electron chi connectivity index (χ1n) is 5.36. The molecule has 1 nitrogen and oxygen atoms in total. The van der Waals surface area contributed by atoms with Crippen LogP contribution in [0.4, 0.5) is 0 Å². The summed E-state index contributed by atoms with van der Waals surface area (Å²) < 4.78 is 0. The zero-order valence-electron chi connectivity index (χ0n) is 9.27. The first kappa shape index (κ1) is 12.5. The lowest BCUT2D eigenvalue weighted by atomic mass is 9.91. The first-order valence-corrected chi connectivity index (χ1v) is 5.36. The van der Waals surface area contributed by atoms with Gasteiger partial charge in [-0.2, -0.15) is 0 Å². The number of unbranched alkanes of at least 4 members (excludes halogenated alkanes) is 1. The Morgan fingerprint density at radius 1 is 1.31 bits per heavy atom. The summed E-state index contributed by atoms with van der Waals surface area (Å²) in [5.74, 6) is 4.24. The third-order valence-corrected chi connectivity index (χ3v) is 2.67. The predicted octanol–water partition coefficient (Wildman–Crippen LogP) is 2.67. The van der Waals surface area contributed by atoms with Gasteiger partial charge in [-0.25, -0.2) is 0 Å². The molecule has 1 N–H and O–H groups in total. The maximum atomic E-state index is 5.21. The molecule has 0 aliphatic rings. The molecule has 0 aliphatic carbocycles. The average Bonchev–Trinajstić information content (AvgIpc) is 2.14. The van der Waals surface area contributed by atoms with Gasteiger partial charge in [-0.1, -0.05) is 20.8 Å². The van der Waals surface area contributed by atoms with Crippen LogP contribution in [0.2, 0.25) is 0 Å². The van der Waals surface area contributed by atoms with Crippen LogP contribution < -0.4 is 5.32 Å². The molecule has 0 spiro atoms. The van der Waals surface area contributed by atoms with Crippen molar-refractivity contribution in [2.24, 2.45) is 11.8 Å². The molecule has 0 bridgehead atoms. The number of hydrogen-bond donors (Lipinski definition) is 1. The minimum Gasteiger partial charge on any atom is -0.317 e. The van der Waals surface area contributed by atoms with E-state index in [0.29, 0.717) is 0 Å². The van der Waals surface area contributed by atoms with E-state index in [9.17, 15) is 0 Å². The molecule has 0 radical (unpaired) electrons. The van der Waals surface area contributed by atoms with Crippen molar-refractivity contribution in [2.75, 3.05) is 13.1 Å². The van der Waals surface area contributed by atoms with E-state index in [-0.39, 0.29) is 0 Å². The van der Waals surface area contributed by atoms with E-state index in [4.69, 9.17) is 6.42 Å². The van der Waals surface area contributed by atoms with E-state index >= 15 is 0 Å².